The van der Waals surface area contributed by atoms with Crippen molar-refractivity contribution in [2.45, 2.75) is 6.10 Å². The first-order chi connectivity index (χ1) is 7.19. The van der Waals surface area contributed by atoms with Crippen LogP contribution in [-0.2, 0) is 4.74 Å². The highest BCUT2D eigenvalue weighted by Gasteiger charge is 2.07. The molecule has 0 bridgehead atoms. The minimum Gasteiger partial charge on any atom is -0.465 e. The zero-order chi connectivity index (χ0) is 11.3. The van der Waals surface area contributed by atoms with Crippen LogP contribution in [0.15, 0.2) is 42.7 Å². The molecule has 3 heteroatoms. The molecule has 1 rings (SSSR count). The second-order valence-electron chi connectivity index (χ2n) is 2.93. The summed E-state index contributed by atoms with van der Waals surface area (Å²) < 4.78 is 4.55. The predicted molar refractivity (Wildman–Crippen MR) is 56.5 cm³/mol. The Hall–Kier alpha value is -1.83. The molecule has 0 aromatic heterocycles. The van der Waals surface area contributed by atoms with Crippen molar-refractivity contribution in [3.8, 4) is 0 Å². The van der Waals surface area contributed by atoms with Gasteiger partial charge in [0.2, 0.25) is 0 Å². The molecule has 1 aromatic carbocycles. The smallest absolute Gasteiger partial charge is 0.337 e. The second-order valence-corrected chi connectivity index (χ2v) is 2.93. The van der Waals surface area contributed by atoms with Crippen molar-refractivity contribution in [3.05, 3.63) is 53.8 Å². The van der Waals surface area contributed by atoms with E-state index in [2.05, 4.69) is 17.0 Å². The van der Waals surface area contributed by atoms with Crippen LogP contribution >= 0.6 is 0 Å². The van der Waals surface area contributed by atoms with Crippen molar-refractivity contribution in [2.24, 2.45) is 0 Å². The first kappa shape index (κ1) is 11.2. The molecular formula is C12H12O3. The Bertz CT molecular complexity index is 386. The zero-order valence-electron chi connectivity index (χ0n) is 8.43. The molecule has 1 aromatic rings. The van der Waals surface area contributed by atoms with E-state index < -0.39 is 12.1 Å². The molecule has 1 atom stereocenters. The lowest BCUT2D eigenvalue weighted by Gasteiger charge is -2.05. The Morgan fingerprint density at radius 3 is 2.60 bits per heavy atom. The maximum absolute atomic E-state index is 11.1. The van der Waals surface area contributed by atoms with Gasteiger partial charge in [-0.1, -0.05) is 18.7 Å². The number of methoxy groups -OCH3 is 1. The van der Waals surface area contributed by atoms with Crippen LogP contribution in [0.3, 0.4) is 0 Å². The summed E-state index contributed by atoms with van der Waals surface area (Å²) in [5.41, 5.74) is 3.63. The van der Waals surface area contributed by atoms with Crippen LogP contribution in [0.5, 0.6) is 0 Å². The molecular weight excluding hydrogens is 192 g/mol. The first-order valence-electron chi connectivity index (χ1n) is 4.41. The molecule has 0 amide bonds. The van der Waals surface area contributed by atoms with E-state index in [9.17, 15) is 9.90 Å². The fourth-order valence-corrected chi connectivity index (χ4v) is 1.14. The average Bonchev–Trinajstić information content (AvgIpc) is 2.28. The number of benzene rings is 1. The molecule has 0 fully saturated rings. The van der Waals surface area contributed by atoms with Crippen LogP contribution < -0.4 is 0 Å². The SMILES string of the molecule is C=C=CC(O)c1ccc(C(=O)OC)cc1. The topological polar surface area (TPSA) is 46.5 Å². The second kappa shape index (κ2) is 5.15. The molecule has 0 aliphatic rings. The van der Waals surface area contributed by atoms with Gasteiger partial charge in [0.15, 0.2) is 0 Å². The minimum atomic E-state index is -0.741. The molecule has 0 heterocycles. The first-order valence-corrected chi connectivity index (χ1v) is 4.41. The van der Waals surface area contributed by atoms with Crippen LogP contribution in [0, 0.1) is 0 Å². The summed E-state index contributed by atoms with van der Waals surface area (Å²) in [6.07, 6.45) is 0.696. The summed E-state index contributed by atoms with van der Waals surface area (Å²) in [5.74, 6) is -0.393. The Kier molecular flexibility index (Phi) is 3.86. The molecule has 0 saturated carbocycles. The van der Waals surface area contributed by atoms with E-state index in [0.717, 1.165) is 0 Å². The number of carbonyl (C=O) groups is 1. The molecule has 15 heavy (non-hydrogen) atoms. The molecule has 3 nitrogen and oxygen atoms in total. The van der Waals surface area contributed by atoms with Crippen LogP contribution in [0.4, 0.5) is 0 Å². The van der Waals surface area contributed by atoms with Gasteiger partial charge in [0.1, 0.15) is 6.10 Å². The number of hydrogen-bond donors (Lipinski definition) is 1. The number of aliphatic hydroxyl groups is 1. The van der Waals surface area contributed by atoms with Crippen LogP contribution in [0.25, 0.3) is 0 Å². The number of ether oxygens (including phenoxy) is 1. The fourth-order valence-electron chi connectivity index (χ4n) is 1.14. The lowest BCUT2D eigenvalue weighted by atomic mass is 10.1. The molecule has 78 valence electrons. The standard InChI is InChI=1S/C12H12O3/c1-3-4-11(13)9-5-7-10(8-6-9)12(14)15-2/h4-8,11,13H,1H2,2H3. The fraction of sp³-hybridized carbons (Fsp3) is 0.167. The number of aliphatic hydroxyl groups excluding tert-OH is 1. The largest absolute Gasteiger partial charge is 0.465 e. The van der Waals surface area contributed by atoms with Gasteiger partial charge in [-0.05, 0) is 23.8 Å². The van der Waals surface area contributed by atoms with E-state index in [0.29, 0.717) is 11.1 Å². The summed E-state index contributed by atoms with van der Waals surface area (Å²) in [6.45, 7) is 3.37. The molecule has 0 radical (unpaired) electrons. The summed E-state index contributed by atoms with van der Waals surface area (Å²) >= 11 is 0. The number of hydrogen-bond acceptors (Lipinski definition) is 3. The third-order valence-corrected chi connectivity index (χ3v) is 1.95. The van der Waals surface area contributed by atoms with Gasteiger partial charge in [-0.2, -0.15) is 0 Å². The van der Waals surface area contributed by atoms with E-state index in [-0.39, 0.29) is 0 Å². The van der Waals surface area contributed by atoms with Gasteiger partial charge in [0, 0.05) is 0 Å². The molecule has 0 aliphatic heterocycles. The molecule has 1 unspecified atom stereocenters. The Balaban J connectivity index is 2.89. The van der Waals surface area contributed by atoms with Gasteiger partial charge < -0.3 is 9.84 Å². The monoisotopic (exact) mass is 204 g/mol. The van der Waals surface area contributed by atoms with Crippen molar-refractivity contribution in [2.75, 3.05) is 7.11 Å². The van der Waals surface area contributed by atoms with E-state index in [1.165, 1.54) is 13.2 Å². The summed E-state index contributed by atoms with van der Waals surface area (Å²) in [6, 6.07) is 6.51. The number of rotatable bonds is 3. The molecule has 0 spiro atoms. The lowest BCUT2D eigenvalue weighted by molar-refractivity contribution is 0.0600. The number of carbonyl (C=O) groups excluding carboxylic acids is 1. The molecule has 0 aliphatic carbocycles. The van der Waals surface area contributed by atoms with E-state index >= 15 is 0 Å². The van der Waals surface area contributed by atoms with Gasteiger partial charge in [0.25, 0.3) is 0 Å². The van der Waals surface area contributed by atoms with Gasteiger partial charge >= 0.3 is 5.97 Å². The normalized spacial score (nSPS) is 11.3. The Morgan fingerprint density at radius 1 is 1.53 bits per heavy atom. The quantitative estimate of drug-likeness (QED) is 0.603. The van der Waals surface area contributed by atoms with Gasteiger partial charge in [-0.15, -0.1) is 5.73 Å². The van der Waals surface area contributed by atoms with E-state index in [1.54, 1.807) is 24.3 Å². The summed E-state index contributed by atoms with van der Waals surface area (Å²) in [7, 11) is 1.32. The Morgan fingerprint density at radius 2 is 2.13 bits per heavy atom. The van der Waals surface area contributed by atoms with Gasteiger partial charge in [0.05, 0.1) is 12.7 Å². The van der Waals surface area contributed by atoms with Crippen LogP contribution in [0.1, 0.15) is 22.0 Å². The van der Waals surface area contributed by atoms with Crippen molar-refractivity contribution in [3.63, 3.8) is 0 Å². The maximum atomic E-state index is 11.1. The van der Waals surface area contributed by atoms with Crippen molar-refractivity contribution < 1.29 is 14.6 Å². The summed E-state index contributed by atoms with van der Waals surface area (Å²) in [5, 5.41) is 9.53. The minimum absolute atomic E-state index is 0.393. The third-order valence-electron chi connectivity index (χ3n) is 1.95. The highest BCUT2D eigenvalue weighted by atomic mass is 16.5. The van der Waals surface area contributed by atoms with E-state index in [4.69, 9.17) is 0 Å². The zero-order valence-corrected chi connectivity index (χ0v) is 8.43. The van der Waals surface area contributed by atoms with Crippen molar-refractivity contribution >= 4 is 5.97 Å². The number of esters is 1. The average molecular weight is 204 g/mol. The van der Waals surface area contributed by atoms with Gasteiger partial charge in [-0.25, -0.2) is 4.79 Å². The maximum Gasteiger partial charge on any atom is 0.337 e. The lowest BCUT2D eigenvalue weighted by Crippen LogP contribution is -2.01. The predicted octanol–water partition coefficient (Wildman–Crippen LogP) is 1.85. The Labute approximate surface area is 88.3 Å². The summed E-state index contributed by atoms with van der Waals surface area (Å²) in [4.78, 5) is 11.1. The van der Waals surface area contributed by atoms with Crippen LogP contribution in [0.2, 0.25) is 0 Å². The highest BCUT2D eigenvalue weighted by Crippen LogP contribution is 2.14. The van der Waals surface area contributed by atoms with Crippen molar-refractivity contribution in [1.29, 1.82) is 0 Å². The molecule has 1 N–H and O–H groups in total. The van der Waals surface area contributed by atoms with Crippen LogP contribution in [-0.4, -0.2) is 18.2 Å². The third kappa shape index (κ3) is 2.81. The van der Waals surface area contributed by atoms with Crippen molar-refractivity contribution in [1.82, 2.24) is 0 Å². The van der Waals surface area contributed by atoms with E-state index in [1.807, 2.05) is 0 Å². The van der Waals surface area contributed by atoms with Gasteiger partial charge in [-0.3, -0.25) is 0 Å². The molecule has 0 saturated heterocycles. The highest BCUT2D eigenvalue weighted by molar-refractivity contribution is 5.89.